The molecular formula is C17H22N2O3S. The smallest absolute Gasteiger partial charge is 0.287 e. The molecule has 0 spiro atoms. The number of benzene rings is 1. The maximum absolute atomic E-state index is 12.4. The minimum Gasteiger partial charge on any atom is -0.455 e. The van der Waals surface area contributed by atoms with Gasteiger partial charge in [0.2, 0.25) is 0 Å². The molecule has 6 heteroatoms. The normalized spacial score (nSPS) is 12.3. The molecule has 0 saturated carbocycles. The van der Waals surface area contributed by atoms with E-state index in [2.05, 4.69) is 5.32 Å². The lowest BCUT2D eigenvalue weighted by Gasteiger charge is -2.09. The standard InChI is InChI=1S/C17H22N2O3S/c1-13-6-4-5-7-16(13)23(21)12-14-8-9-15(22-14)17(20)18-10-11-19(2)3/h4-9H,10-12H2,1-3H3,(H,18,20)/t23-/m1/s1. The lowest BCUT2D eigenvalue weighted by molar-refractivity contribution is 0.0922. The molecule has 0 aliphatic heterocycles. The van der Waals surface area contributed by atoms with Crippen LogP contribution in [0.4, 0.5) is 0 Å². The summed E-state index contributed by atoms with van der Waals surface area (Å²) in [5.74, 6) is 0.806. The van der Waals surface area contributed by atoms with Crippen LogP contribution in [0.15, 0.2) is 45.7 Å². The van der Waals surface area contributed by atoms with Crippen molar-refractivity contribution in [3.8, 4) is 0 Å². The summed E-state index contributed by atoms with van der Waals surface area (Å²) in [5, 5.41) is 2.79. The number of rotatable bonds is 7. The monoisotopic (exact) mass is 334 g/mol. The maximum atomic E-state index is 12.4. The molecule has 0 fully saturated rings. The third-order valence-electron chi connectivity index (χ3n) is 3.34. The Morgan fingerprint density at radius 1 is 1.22 bits per heavy atom. The summed E-state index contributed by atoms with van der Waals surface area (Å²) < 4.78 is 17.9. The number of amides is 1. The van der Waals surface area contributed by atoms with Gasteiger partial charge in [0, 0.05) is 18.0 Å². The van der Waals surface area contributed by atoms with Crippen LogP contribution in [0.5, 0.6) is 0 Å². The molecule has 1 amide bonds. The molecule has 124 valence electrons. The first-order chi connectivity index (χ1) is 11.0. The molecule has 0 unspecified atom stereocenters. The van der Waals surface area contributed by atoms with Crippen molar-refractivity contribution >= 4 is 16.7 Å². The first-order valence-corrected chi connectivity index (χ1v) is 8.75. The van der Waals surface area contributed by atoms with Crippen LogP contribution in [-0.4, -0.2) is 42.2 Å². The third kappa shape index (κ3) is 5.04. The van der Waals surface area contributed by atoms with Crippen LogP contribution in [-0.2, 0) is 16.6 Å². The minimum atomic E-state index is -1.19. The number of carbonyl (C=O) groups is 1. The van der Waals surface area contributed by atoms with Crippen LogP contribution in [0.1, 0.15) is 21.9 Å². The Morgan fingerprint density at radius 3 is 2.65 bits per heavy atom. The molecule has 1 atom stereocenters. The highest BCUT2D eigenvalue weighted by molar-refractivity contribution is 7.84. The van der Waals surface area contributed by atoms with E-state index in [1.54, 1.807) is 12.1 Å². The molecule has 0 aliphatic carbocycles. The fourth-order valence-electron chi connectivity index (χ4n) is 2.08. The van der Waals surface area contributed by atoms with Gasteiger partial charge in [-0.1, -0.05) is 18.2 Å². The van der Waals surface area contributed by atoms with Gasteiger partial charge in [0.15, 0.2) is 5.76 Å². The van der Waals surface area contributed by atoms with Gasteiger partial charge in [-0.2, -0.15) is 0 Å². The van der Waals surface area contributed by atoms with Crippen LogP contribution in [0.3, 0.4) is 0 Å². The first-order valence-electron chi connectivity index (χ1n) is 7.43. The van der Waals surface area contributed by atoms with Gasteiger partial charge in [-0.05, 0) is 44.8 Å². The molecule has 0 aliphatic rings. The molecule has 0 saturated heterocycles. The van der Waals surface area contributed by atoms with Crippen molar-refractivity contribution in [2.24, 2.45) is 0 Å². The number of aryl methyl sites for hydroxylation is 1. The molecule has 0 bridgehead atoms. The van der Waals surface area contributed by atoms with E-state index in [1.807, 2.05) is 50.2 Å². The van der Waals surface area contributed by atoms with Crippen molar-refractivity contribution in [1.82, 2.24) is 10.2 Å². The topological polar surface area (TPSA) is 62.6 Å². The van der Waals surface area contributed by atoms with Gasteiger partial charge >= 0.3 is 0 Å². The van der Waals surface area contributed by atoms with Crippen molar-refractivity contribution in [2.75, 3.05) is 27.2 Å². The summed E-state index contributed by atoms with van der Waals surface area (Å²) in [6.07, 6.45) is 0. The Morgan fingerprint density at radius 2 is 1.96 bits per heavy atom. The Labute approximate surface area is 139 Å². The molecule has 23 heavy (non-hydrogen) atoms. The second-order valence-electron chi connectivity index (χ2n) is 5.58. The van der Waals surface area contributed by atoms with Crippen LogP contribution in [0.2, 0.25) is 0 Å². The van der Waals surface area contributed by atoms with E-state index in [4.69, 9.17) is 4.42 Å². The van der Waals surface area contributed by atoms with Gasteiger partial charge < -0.3 is 14.6 Å². The largest absolute Gasteiger partial charge is 0.455 e. The predicted molar refractivity (Wildman–Crippen MR) is 90.9 cm³/mol. The molecule has 0 radical (unpaired) electrons. The predicted octanol–water partition coefficient (Wildman–Crippen LogP) is 2.19. The van der Waals surface area contributed by atoms with Crippen LogP contribution < -0.4 is 5.32 Å². The van der Waals surface area contributed by atoms with Crippen molar-refractivity contribution < 1.29 is 13.4 Å². The highest BCUT2D eigenvalue weighted by Crippen LogP contribution is 2.17. The quantitative estimate of drug-likeness (QED) is 0.843. The van der Waals surface area contributed by atoms with Crippen molar-refractivity contribution in [3.63, 3.8) is 0 Å². The average Bonchev–Trinajstić information content (AvgIpc) is 2.95. The molecule has 1 heterocycles. The molecular weight excluding hydrogens is 312 g/mol. The molecule has 1 N–H and O–H groups in total. The maximum Gasteiger partial charge on any atom is 0.287 e. The number of likely N-dealkylation sites (N-methyl/N-ethyl adjacent to an activating group) is 1. The zero-order chi connectivity index (χ0) is 16.8. The van der Waals surface area contributed by atoms with E-state index in [0.717, 1.165) is 17.0 Å². The summed E-state index contributed by atoms with van der Waals surface area (Å²) in [6, 6.07) is 10.9. The lowest BCUT2D eigenvalue weighted by Crippen LogP contribution is -2.31. The highest BCUT2D eigenvalue weighted by Gasteiger charge is 2.14. The number of nitrogens with one attached hydrogen (secondary N) is 1. The fourth-order valence-corrected chi connectivity index (χ4v) is 3.30. The van der Waals surface area contributed by atoms with E-state index in [1.165, 1.54) is 0 Å². The van der Waals surface area contributed by atoms with Crippen molar-refractivity contribution in [2.45, 2.75) is 17.6 Å². The summed E-state index contributed by atoms with van der Waals surface area (Å²) in [7, 11) is 2.70. The second kappa shape index (κ2) is 8.08. The summed E-state index contributed by atoms with van der Waals surface area (Å²) in [4.78, 5) is 14.7. The number of furan rings is 1. The highest BCUT2D eigenvalue weighted by atomic mass is 32.2. The molecule has 2 aromatic rings. The van der Waals surface area contributed by atoms with Gasteiger partial charge in [-0.15, -0.1) is 0 Å². The van der Waals surface area contributed by atoms with E-state index in [0.29, 0.717) is 12.3 Å². The Bertz CT molecular complexity index is 695. The molecule has 2 rings (SSSR count). The first kappa shape index (κ1) is 17.4. The molecule has 1 aromatic heterocycles. The van der Waals surface area contributed by atoms with Gasteiger partial charge in [-0.25, -0.2) is 0 Å². The van der Waals surface area contributed by atoms with Crippen molar-refractivity contribution in [3.05, 3.63) is 53.5 Å². The fraction of sp³-hybridized carbons (Fsp3) is 0.353. The van der Waals surface area contributed by atoms with Gasteiger partial charge in [0.25, 0.3) is 5.91 Å². The van der Waals surface area contributed by atoms with Crippen LogP contribution >= 0.6 is 0 Å². The number of hydrogen-bond donors (Lipinski definition) is 1. The zero-order valence-corrected chi connectivity index (χ0v) is 14.5. The number of hydrogen-bond acceptors (Lipinski definition) is 4. The molecule has 1 aromatic carbocycles. The van der Waals surface area contributed by atoms with E-state index in [9.17, 15) is 9.00 Å². The average molecular weight is 334 g/mol. The Kier molecular flexibility index (Phi) is 6.12. The number of carbonyl (C=O) groups excluding carboxylic acids is 1. The van der Waals surface area contributed by atoms with Gasteiger partial charge in [-0.3, -0.25) is 9.00 Å². The molecule has 5 nitrogen and oxygen atoms in total. The third-order valence-corrected chi connectivity index (χ3v) is 4.84. The summed E-state index contributed by atoms with van der Waals surface area (Å²) in [5.41, 5.74) is 0.985. The van der Waals surface area contributed by atoms with Gasteiger partial charge in [0.05, 0.1) is 16.6 Å². The number of nitrogens with zero attached hydrogens (tertiary/aromatic N) is 1. The SMILES string of the molecule is Cc1ccccc1[S@](=O)Cc1ccc(C(=O)NCCN(C)C)o1. The summed E-state index contributed by atoms with van der Waals surface area (Å²) in [6.45, 7) is 3.24. The Balaban J connectivity index is 1.95. The van der Waals surface area contributed by atoms with Gasteiger partial charge in [0.1, 0.15) is 5.76 Å². The minimum absolute atomic E-state index is 0.250. The Hall–Kier alpha value is -1.92. The van der Waals surface area contributed by atoms with E-state index in [-0.39, 0.29) is 17.4 Å². The second-order valence-corrected chi connectivity index (χ2v) is 7.00. The lowest BCUT2D eigenvalue weighted by atomic mass is 10.2. The van der Waals surface area contributed by atoms with E-state index >= 15 is 0 Å². The van der Waals surface area contributed by atoms with Crippen LogP contribution in [0, 0.1) is 6.92 Å². The van der Waals surface area contributed by atoms with Crippen molar-refractivity contribution in [1.29, 1.82) is 0 Å². The van der Waals surface area contributed by atoms with E-state index < -0.39 is 10.8 Å². The zero-order valence-electron chi connectivity index (χ0n) is 13.7. The van der Waals surface area contributed by atoms with Crippen LogP contribution in [0.25, 0.3) is 0 Å². The summed E-state index contributed by atoms with van der Waals surface area (Å²) >= 11 is 0.